The van der Waals surface area contributed by atoms with Crippen LogP contribution in [0.25, 0.3) is 0 Å². The van der Waals surface area contributed by atoms with E-state index in [4.69, 9.17) is 11.1 Å². The molecular formula is C10H20ClF3Si. The lowest BCUT2D eigenvalue weighted by molar-refractivity contribution is -0.110. The fourth-order valence-electron chi connectivity index (χ4n) is 1.60. The topological polar surface area (TPSA) is 0 Å². The highest BCUT2D eigenvalue weighted by Gasteiger charge is 2.39. The van der Waals surface area contributed by atoms with Crippen molar-refractivity contribution in [3.63, 3.8) is 0 Å². The van der Waals surface area contributed by atoms with Gasteiger partial charge in [0.2, 0.25) is 0 Å². The number of hydrogen-bond acceptors (Lipinski definition) is 0. The number of rotatable bonds is 7. The molecular weight excluding hydrogens is 241 g/mol. The Morgan fingerprint density at radius 2 is 1.60 bits per heavy atom. The van der Waals surface area contributed by atoms with Gasteiger partial charge in [0.1, 0.15) is 0 Å². The fraction of sp³-hybridized carbons (Fsp3) is 1.00. The number of unbranched alkanes of at least 4 members (excludes halogenated alkanes) is 4. The molecule has 1 unspecified atom stereocenters. The number of hydrogen-bond donors (Lipinski definition) is 0. The molecule has 0 nitrogen and oxygen atoms in total. The van der Waals surface area contributed by atoms with Crippen LogP contribution in [0.2, 0.25) is 18.6 Å². The van der Waals surface area contributed by atoms with Crippen LogP contribution in [0.5, 0.6) is 0 Å². The maximum atomic E-state index is 12.1. The minimum absolute atomic E-state index is 0.581. The zero-order valence-electron chi connectivity index (χ0n) is 9.46. The Hall–Kier alpha value is 0.297. The standard InChI is InChI=1S/C10H20ClF3Si/c1-3-4-5-6-7-8-15(2,11)9-10(12,13)14/h3-9H2,1-2H3. The average molecular weight is 261 g/mol. The van der Waals surface area contributed by atoms with Gasteiger partial charge < -0.3 is 0 Å². The molecule has 0 amide bonds. The van der Waals surface area contributed by atoms with Gasteiger partial charge in [-0.05, 0) is 6.04 Å². The molecule has 0 saturated heterocycles. The highest BCUT2D eigenvalue weighted by Crippen LogP contribution is 2.33. The van der Waals surface area contributed by atoms with Crippen molar-refractivity contribution >= 4 is 18.5 Å². The van der Waals surface area contributed by atoms with E-state index in [9.17, 15) is 13.2 Å². The smallest absolute Gasteiger partial charge is 0.171 e. The van der Waals surface area contributed by atoms with Crippen LogP contribution in [-0.4, -0.2) is 13.6 Å². The van der Waals surface area contributed by atoms with E-state index in [1.165, 1.54) is 6.42 Å². The lowest BCUT2D eigenvalue weighted by atomic mass is 10.2. The Morgan fingerprint density at radius 1 is 1.07 bits per heavy atom. The Balaban J connectivity index is 3.65. The molecule has 0 saturated carbocycles. The van der Waals surface area contributed by atoms with E-state index in [0.29, 0.717) is 6.04 Å². The first kappa shape index (κ1) is 15.3. The molecule has 0 aromatic carbocycles. The van der Waals surface area contributed by atoms with Gasteiger partial charge in [-0.3, -0.25) is 0 Å². The summed E-state index contributed by atoms with van der Waals surface area (Å²) in [6.07, 6.45) is 1.21. The molecule has 0 spiro atoms. The lowest BCUT2D eigenvalue weighted by Gasteiger charge is -2.20. The number of halogens is 4. The molecule has 0 heterocycles. The summed E-state index contributed by atoms with van der Waals surface area (Å²) in [5.74, 6) is 0. The molecule has 0 aromatic heterocycles. The zero-order chi connectivity index (χ0) is 11.9. The summed E-state index contributed by atoms with van der Waals surface area (Å²) >= 11 is 5.95. The van der Waals surface area contributed by atoms with E-state index in [1.54, 1.807) is 6.55 Å². The second-order valence-corrected chi connectivity index (χ2v) is 10.8. The van der Waals surface area contributed by atoms with Crippen LogP contribution in [0.4, 0.5) is 13.2 Å². The maximum absolute atomic E-state index is 12.1. The fourth-order valence-corrected chi connectivity index (χ4v) is 4.46. The van der Waals surface area contributed by atoms with Crippen molar-refractivity contribution in [1.29, 1.82) is 0 Å². The van der Waals surface area contributed by atoms with E-state index in [0.717, 1.165) is 25.7 Å². The second-order valence-electron chi connectivity index (χ2n) is 4.37. The summed E-state index contributed by atoms with van der Waals surface area (Å²) in [5.41, 5.74) is 0. The van der Waals surface area contributed by atoms with Crippen LogP contribution >= 0.6 is 11.1 Å². The molecule has 0 rings (SSSR count). The van der Waals surface area contributed by atoms with E-state index in [-0.39, 0.29) is 0 Å². The third kappa shape index (κ3) is 10.6. The summed E-state index contributed by atoms with van der Waals surface area (Å²) in [4.78, 5) is 0. The van der Waals surface area contributed by atoms with Crippen molar-refractivity contribution in [3.05, 3.63) is 0 Å². The first-order valence-electron chi connectivity index (χ1n) is 5.52. The molecule has 0 aromatic rings. The van der Waals surface area contributed by atoms with Gasteiger partial charge in [0.15, 0.2) is 7.38 Å². The third-order valence-corrected chi connectivity index (χ3v) is 5.87. The summed E-state index contributed by atoms with van der Waals surface area (Å²) in [5, 5.41) is 0. The normalized spacial score (nSPS) is 16.4. The van der Waals surface area contributed by atoms with Crippen molar-refractivity contribution in [2.75, 3.05) is 0 Å². The van der Waals surface area contributed by atoms with Gasteiger partial charge in [0, 0.05) is 0 Å². The molecule has 0 N–H and O–H groups in total. The van der Waals surface area contributed by atoms with Crippen molar-refractivity contribution in [2.24, 2.45) is 0 Å². The average Bonchev–Trinajstić information content (AvgIpc) is 1.99. The molecule has 0 radical (unpaired) electrons. The molecule has 0 fully saturated rings. The van der Waals surface area contributed by atoms with E-state index in [2.05, 4.69) is 6.92 Å². The highest BCUT2D eigenvalue weighted by atomic mass is 35.6. The van der Waals surface area contributed by atoms with Crippen LogP contribution in [0.15, 0.2) is 0 Å². The van der Waals surface area contributed by atoms with E-state index >= 15 is 0 Å². The predicted molar refractivity (Wildman–Crippen MR) is 61.9 cm³/mol. The molecule has 0 aliphatic rings. The zero-order valence-corrected chi connectivity index (χ0v) is 11.2. The SMILES string of the molecule is CCCCCCC[Si](C)(Cl)CC(F)(F)F. The summed E-state index contributed by atoms with van der Waals surface area (Å²) < 4.78 is 36.4. The molecule has 0 aliphatic carbocycles. The second kappa shape index (κ2) is 6.79. The predicted octanol–water partition coefficient (Wildman–Crippen LogP) is 5.33. The minimum Gasteiger partial charge on any atom is -0.171 e. The molecule has 0 bridgehead atoms. The number of alkyl halides is 3. The van der Waals surface area contributed by atoms with E-state index in [1.807, 2.05) is 0 Å². The van der Waals surface area contributed by atoms with Crippen LogP contribution in [-0.2, 0) is 0 Å². The Bertz CT molecular complexity index is 169. The minimum atomic E-state index is -4.09. The largest absolute Gasteiger partial charge is 0.388 e. The molecule has 5 heteroatoms. The van der Waals surface area contributed by atoms with Crippen LogP contribution < -0.4 is 0 Å². The van der Waals surface area contributed by atoms with Crippen LogP contribution in [0.1, 0.15) is 39.0 Å². The summed E-state index contributed by atoms with van der Waals surface area (Å²) in [6, 6.07) is -0.173. The van der Waals surface area contributed by atoms with Gasteiger partial charge in [-0.25, -0.2) is 0 Å². The maximum Gasteiger partial charge on any atom is 0.388 e. The van der Waals surface area contributed by atoms with Gasteiger partial charge in [0.05, 0.1) is 6.04 Å². The van der Waals surface area contributed by atoms with Crippen molar-refractivity contribution < 1.29 is 13.2 Å². The van der Waals surface area contributed by atoms with Gasteiger partial charge in [-0.1, -0.05) is 45.6 Å². The van der Waals surface area contributed by atoms with Gasteiger partial charge >= 0.3 is 6.18 Å². The van der Waals surface area contributed by atoms with Crippen LogP contribution in [0.3, 0.4) is 0 Å². The first-order valence-corrected chi connectivity index (χ1v) is 9.45. The first-order chi connectivity index (χ1) is 6.77. The molecule has 92 valence electrons. The Kier molecular flexibility index (Phi) is 6.92. The quantitative estimate of drug-likeness (QED) is 0.330. The van der Waals surface area contributed by atoms with Gasteiger partial charge in [-0.2, -0.15) is 24.3 Å². The van der Waals surface area contributed by atoms with Crippen LogP contribution in [0, 0.1) is 0 Å². The molecule has 0 aliphatic heterocycles. The lowest BCUT2D eigenvalue weighted by Crippen LogP contribution is -2.29. The van der Waals surface area contributed by atoms with E-state index < -0.39 is 19.6 Å². The third-order valence-electron chi connectivity index (χ3n) is 2.37. The highest BCUT2D eigenvalue weighted by molar-refractivity contribution is 7.19. The molecule has 1 atom stereocenters. The summed E-state index contributed by atoms with van der Waals surface area (Å²) in [7, 11) is -2.55. The van der Waals surface area contributed by atoms with Crippen molar-refractivity contribution in [2.45, 2.75) is 63.8 Å². The van der Waals surface area contributed by atoms with Gasteiger partial charge in [0.25, 0.3) is 0 Å². The van der Waals surface area contributed by atoms with Gasteiger partial charge in [-0.15, -0.1) is 0 Å². The van der Waals surface area contributed by atoms with Crippen molar-refractivity contribution in [3.8, 4) is 0 Å². The van der Waals surface area contributed by atoms with Crippen molar-refractivity contribution in [1.82, 2.24) is 0 Å². The Morgan fingerprint density at radius 3 is 2.07 bits per heavy atom. The summed E-state index contributed by atoms with van der Waals surface area (Å²) in [6.45, 7) is 3.73. The Labute approximate surface area is 95.9 Å². The molecule has 15 heavy (non-hydrogen) atoms. The monoisotopic (exact) mass is 260 g/mol.